The molecule has 2 rings (SSSR count). The molecule has 0 radical (unpaired) electrons. The maximum Gasteiger partial charge on any atom is 0.278 e. The van der Waals surface area contributed by atoms with E-state index < -0.39 is 0 Å². The summed E-state index contributed by atoms with van der Waals surface area (Å²) in [4.78, 5) is 12.3. The number of carbonyl (C=O) groups is 1. The number of nitrogens with one attached hydrogen (secondary N) is 2. The summed E-state index contributed by atoms with van der Waals surface area (Å²) in [5, 5.41) is 13.2. The van der Waals surface area contributed by atoms with E-state index in [1.165, 1.54) is 0 Å². The molecule has 130 valence electrons. The van der Waals surface area contributed by atoms with E-state index in [4.69, 9.17) is 9.47 Å². The molecule has 0 saturated heterocycles. The highest BCUT2D eigenvalue weighted by Gasteiger charge is 2.16. The van der Waals surface area contributed by atoms with E-state index in [-0.39, 0.29) is 18.6 Å². The number of rotatable bonds is 9. The van der Waals surface area contributed by atoms with Crippen LogP contribution in [0.1, 0.15) is 19.0 Å². The second-order valence-electron chi connectivity index (χ2n) is 5.13. The molecule has 2 N–H and O–H groups in total. The van der Waals surface area contributed by atoms with E-state index in [2.05, 4.69) is 25.6 Å². The number of anilines is 1. The summed E-state index contributed by atoms with van der Waals surface area (Å²) in [7, 11) is 1.61. The zero-order chi connectivity index (χ0) is 17.4. The Morgan fingerprint density at radius 2 is 2.21 bits per heavy atom. The van der Waals surface area contributed by atoms with Crippen LogP contribution in [-0.4, -0.2) is 42.5 Å². The molecule has 1 aromatic carbocycles. The number of nitrogens with zero attached hydrogens (tertiary/aromatic N) is 2. The number of aryl methyl sites for hydroxylation is 1. The molecule has 0 fully saturated rings. The van der Waals surface area contributed by atoms with Crippen molar-refractivity contribution in [2.24, 2.45) is 0 Å². The molecule has 1 atom stereocenters. The summed E-state index contributed by atoms with van der Waals surface area (Å²) in [5.74, 6) is 0.977. The summed E-state index contributed by atoms with van der Waals surface area (Å²) >= 11 is 0. The van der Waals surface area contributed by atoms with Gasteiger partial charge in [-0.2, -0.15) is 0 Å². The minimum atomic E-state index is -0.340. The van der Waals surface area contributed by atoms with Crippen LogP contribution in [0.4, 0.5) is 5.69 Å². The predicted octanol–water partition coefficient (Wildman–Crippen LogP) is 1.77. The SMILES string of the molecule is CC[C@@H](Nc1cccc(OC)c1)C(=O)NCCOc1nonc1C. The molecule has 1 heterocycles. The topological polar surface area (TPSA) is 98.5 Å². The van der Waals surface area contributed by atoms with Gasteiger partial charge in [0.25, 0.3) is 5.88 Å². The fraction of sp³-hybridized carbons (Fsp3) is 0.438. The number of amides is 1. The van der Waals surface area contributed by atoms with Crippen molar-refractivity contribution in [3.8, 4) is 11.6 Å². The van der Waals surface area contributed by atoms with Crippen LogP contribution in [0.3, 0.4) is 0 Å². The third kappa shape index (κ3) is 4.87. The van der Waals surface area contributed by atoms with Gasteiger partial charge in [-0.15, -0.1) is 0 Å². The summed E-state index contributed by atoms with van der Waals surface area (Å²) in [5.41, 5.74) is 1.41. The minimum Gasteiger partial charge on any atom is -0.497 e. The number of hydrogen-bond donors (Lipinski definition) is 2. The van der Waals surface area contributed by atoms with E-state index >= 15 is 0 Å². The summed E-state index contributed by atoms with van der Waals surface area (Å²) in [6.45, 7) is 4.33. The van der Waals surface area contributed by atoms with Crippen molar-refractivity contribution in [2.45, 2.75) is 26.3 Å². The number of carbonyl (C=O) groups excluding carboxylic acids is 1. The Balaban J connectivity index is 1.79. The van der Waals surface area contributed by atoms with Gasteiger partial charge in [-0.05, 0) is 30.6 Å². The van der Waals surface area contributed by atoms with Gasteiger partial charge in [0.2, 0.25) is 5.91 Å². The number of benzene rings is 1. The van der Waals surface area contributed by atoms with E-state index in [1.54, 1.807) is 14.0 Å². The molecule has 1 aromatic heterocycles. The van der Waals surface area contributed by atoms with Gasteiger partial charge in [-0.3, -0.25) is 4.79 Å². The molecule has 1 amide bonds. The minimum absolute atomic E-state index is 0.0982. The molecule has 0 saturated carbocycles. The molecular formula is C16H22N4O4. The summed E-state index contributed by atoms with van der Waals surface area (Å²) in [6, 6.07) is 7.12. The second kappa shape index (κ2) is 8.76. The van der Waals surface area contributed by atoms with Gasteiger partial charge in [0.15, 0.2) is 0 Å². The zero-order valence-corrected chi connectivity index (χ0v) is 14.0. The zero-order valence-electron chi connectivity index (χ0n) is 14.0. The van der Waals surface area contributed by atoms with Crippen LogP contribution in [0.15, 0.2) is 28.9 Å². The molecule has 8 heteroatoms. The van der Waals surface area contributed by atoms with Gasteiger partial charge in [0.05, 0.1) is 13.7 Å². The van der Waals surface area contributed by atoms with E-state index in [0.717, 1.165) is 11.4 Å². The molecule has 0 aliphatic rings. The van der Waals surface area contributed by atoms with E-state index in [9.17, 15) is 4.79 Å². The first-order valence-corrected chi connectivity index (χ1v) is 7.74. The van der Waals surface area contributed by atoms with Crippen LogP contribution in [-0.2, 0) is 4.79 Å². The predicted molar refractivity (Wildman–Crippen MR) is 88.2 cm³/mol. The molecule has 0 unspecified atom stereocenters. The van der Waals surface area contributed by atoms with E-state index in [1.807, 2.05) is 31.2 Å². The van der Waals surface area contributed by atoms with Crippen LogP contribution >= 0.6 is 0 Å². The quantitative estimate of drug-likeness (QED) is 0.674. The Labute approximate surface area is 140 Å². The van der Waals surface area contributed by atoms with Crippen LogP contribution in [0.5, 0.6) is 11.6 Å². The van der Waals surface area contributed by atoms with Crippen molar-refractivity contribution in [3.63, 3.8) is 0 Å². The van der Waals surface area contributed by atoms with Crippen LogP contribution in [0, 0.1) is 6.92 Å². The van der Waals surface area contributed by atoms with Crippen molar-refractivity contribution in [1.82, 2.24) is 15.6 Å². The Kier molecular flexibility index (Phi) is 6.41. The number of ether oxygens (including phenoxy) is 2. The fourth-order valence-corrected chi connectivity index (χ4v) is 2.07. The third-order valence-corrected chi connectivity index (χ3v) is 3.39. The maximum absolute atomic E-state index is 12.3. The highest BCUT2D eigenvalue weighted by Crippen LogP contribution is 2.18. The summed E-state index contributed by atoms with van der Waals surface area (Å²) < 4.78 is 15.1. The van der Waals surface area contributed by atoms with Crippen molar-refractivity contribution in [3.05, 3.63) is 30.0 Å². The molecule has 0 aliphatic heterocycles. The van der Waals surface area contributed by atoms with Gasteiger partial charge in [0, 0.05) is 11.8 Å². The third-order valence-electron chi connectivity index (χ3n) is 3.39. The van der Waals surface area contributed by atoms with Crippen molar-refractivity contribution >= 4 is 11.6 Å². The average molecular weight is 334 g/mol. The van der Waals surface area contributed by atoms with Crippen LogP contribution in [0.2, 0.25) is 0 Å². The summed E-state index contributed by atoms with van der Waals surface area (Å²) in [6.07, 6.45) is 0.649. The first-order chi connectivity index (χ1) is 11.6. The Bertz CT molecular complexity index is 659. The highest BCUT2D eigenvalue weighted by atomic mass is 16.6. The lowest BCUT2D eigenvalue weighted by Gasteiger charge is -2.18. The highest BCUT2D eigenvalue weighted by molar-refractivity contribution is 5.84. The Morgan fingerprint density at radius 3 is 2.88 bits per heavy atom. The van der Waals surface area contributed by atoms with Gasteiger partial charge in [-0.1, -0.05) is 18.1 Å². The lowest BCUT2D eigenvalue weighted by molar-refractivity contribution is -0.122. The first kappa shape index (κ1) is 17.6. The largest absolute Gasteiger partial charge is 0.497 e. The first-order valence-electron chi connectivity index (χ1n) is 7.74. The molecule has 2 aromatic rings. The lowest BCUT2D eigenvalue weighted by atomic mass is 10.2. The molecule has 0 aliphatic carbocycles. The number of aromatic nitrogens is 2. The smallest absolute Gasteiger partial charge is 0.278 e. The number of methoxy groups -OCH3 is 1. The standard InChI is InChI=1S/C16H22N4O4/c1-4-14(18-12-6-5-7-13(10-12)22-3)15(21)17-8-9-23-16-11(2)19-24-20-16/h5-7,10,14,18H,4,8-9H2,1-3H3,(H,17,21)/t14-/m1/s1. The van der Waals surface area contributed by atoms with E-state index in [0.29, 0.717) is 24.5 Å². The fourth-order valence-electron chi connectivity index (χ4n) is 2.07. The maximum atomic E-state index is 12.3. The molecule has 0 bridgehead atoms. The number of hydrogen-bond acceptors (Lipinski definition) is 7. The van der Waals surface area contributed by atoms with Gasteiger partial charge in [0.1, 0.15) is 24.1 Å². The van der Waals surface area contributed by atoms with Gasteiger partial charge >= 0.3 is 0 Å². The van der Waals surface area contributed by atoms with Crippen LogP contribution in [0.25, 0.3) is 0 Å². The van der Waals surface area contributed by atoms with Crippen molar-refractivity contribution in [2.75, 3.05) is 25.6 Å². The molecule has 8 nitrogen and oxygen atoms in total. The lowest BCUT2D eigenvalue weighted by Crippen LogP contribution is -2.40. The Hall–Kier alpha value is -2.77. The monoisotopic (exact) mass is 334 g/mol. The average Bonchev–Trinajstić information content (AvgIpc) is 3.01. The van der Waals surface area contributed by atoms with Gasteiger partial charge < -0.3 is 20.1 Å². The van der Waals surface area contributed by atoms with Crippen LogP contribution < -0.4 is 20.1 Å². The second-order valence-corrected chi connectivity index (χ2v) is 5.13. The molecular weight excluding hydrogens is 312 g/mol. The molecule has 24 heavy (non-hydrogen) atoms. The van der Waals surface area contributed by atoms with Crippen molar-refractivity contribution < 1.29 is 18.9 Å². The van der Waals surface area contributed by atoms with Crippen molar-refractivity contribution in [1.29, 1.82) is 0 Å². The molecule has 0 spiro atoms. The van der Waals surface area contributed by atoms with Gasteiger partial charge in [-0.25, -0.2) is 4.63 Å². The Morgan fingerprint density at radius 1 is 1.38 bits per heavy atom. The normalized spacial score (nSPS) is 11.6.